The number of hydrogen-bond donors (Lipinski definition) is 1. The van der Waals surface area contributed by atoms with Crippen LogP contribution in [-0.2, 0) is 9.59 Å². The first-order valence-corrected chi connectivity index (χ1v) is 10.6. The van der Waals surface area contributed by atoms with E-state index in [1.54, 1.807) is 37.5 Å². The van der Waals surface area contributed by atoms with E-state index in [4.69, 9.17) is 0 Å². The fraction of sp³-hybridized carbons (Fsp3) is 0.130. The van der Waals surface area contributed by atoms with Crippen molar-refractivity contribution in [3.8, 4) is 0 Å². The number of rotatable bonds is 3. The van der Waals surface area contributed by atoms with Crippen LogP contribution in [0.25, 0.3) is 0 Å². The van der Waals surface area contributed by atoms with Crippen LogP contribution >= 0.6 is 11.8 Å². The summed E-state index contributed by atoms with van der Waals surface area (Å²) < 4.78 is 0. The molecule has 1 N–H and O–H groups in total. The molecule has 1 unspecified atom stereocenters. The Kier molecular flexibility index (Phi) is 4.71. The molecule has 0 saturated carbocycles. The summed E-state index contributed by atoms with van der Waals surface area (Å²) in [6.07, 6.45) is 1.66. The Morgan fingerprint density at radius 1 is 1.03 bits per heavy atom. The molecule has 31 heavy (non-hydrogen) atoms. The molecule has 3 amide bonds. The van der Waals surface area contributed by atoms with Gasteiger partial charge < -0.3 is 10.2 Å². The molecule has 7 nitrogen and oxygen atoms in total. The average Bonchev–Trinajstić information content (AvgIpc) is 2.95. The summed E-state index contributed by atoms with van der Waals surface area (Å²) in [5, 5.41) is 3.46. The molecule has 0 radical (unpaired) electrons. The number of benzene rings is 2. The summed E-state index contributed by atoms with van der Waals surface area (Å²) in [5.41, 5.74) is 2.59. The molecule has 2 aromatic carbocycles. The van der Waals surface area contributed by atoms with E-state index in [2.05, 4.69) is 10.3 Å². The van der Waals surface area contributed by atoms with Crippen LogP contribution in [0.3, 0.4) is 0 Å². The van der Waals surface area contributed by atoms with E-state index in [1.807, 2.05) is 36.4 Å². The van der Waals surface area contributed by atoms with Gasteiger partial charge >= 0.3 is 0 Å². The zero-order chi connectivity index (χ0) is 21.5. The SMILES string of the molecule is CN1C(=O)C(NC(=O)CN2C(=O)c3ccccc3Sc3ncccc32)c2ccccc21. The van der Waals surface area contributed by atoms with Gasteiger partial charge in [-0.1, -0.05) is 42.1 Å². The maximum Gasteiger partial charge on any atom is 0.259 e. The summed E-state index contributed by atoms with van der Waals surface area (Å²) in [4.78, 5) is 47.2. The van der Waals surface area contributed by atoms with Crippen LogP contribution in [0.15, 0.2) is 76.8 Å². The number of amides is 3. The van der Waals surface area contributed by atoms with E-state index in [0.717, 1.165) is 16.1 Å². The van der Waals surface area contributed by atoms with E-state index >= 15 is 0 Å². The highest BCUT2D eigenvalue weighted by molar-refractivity contribution is 7.99. The molecule has 2 aliphatic heterocycles. The third-order valence-electron chi connectivity index (χ3n) is 5.40. The minimum absolute atomic E-state index is 0.209. The van der Waals surface area contributed by atoms with Crippen molar-refractivity contribution >= 4 is 40.9 Å². The number of carbonyl (C=O) groups is 3. The van der Waals surface area contributed by atoms with Gasteiger partial charge in [0.05, 0.1) is 11.3 Å². The van der Waals surface area contributed by atoms with Crippen molar-refractivity contribution in [1.29, 1.82) is 0 Å². The van der Waals surface area contributed by atoms with Crippen molar-refractivity contribution in [1.82, 2.24) is 10.3 Å². The summed E-state index contributed by atoms with van der Waals surface area (Å²) in [6, 6.07) is 17.4. The van der Waals surface area contributed by atoms with Gasteiger partial charge in [-0.25, -0.2) is 4.98 Å². The second-order valence-corrected chi connectivity index (χ2v) is 8.30. The molecule has 0 saturated heterocycles. The largest absolute Gasteiger partial charge is 0.339 e. The van der Waals surface area contributed by atoms with E-state index in [1.165, 1.54) is 21.6 Å². The topological polar surface area (TPSA) is 82.6 Å². The summed E-state index contributed by atoms with van der Waals surface area (Å²) in [7, 11) is 1.68. The monoisotopic (exact) mass is 430 g/mol. The molecule has 8 heteroatoms. The van der Waals surface area contributed by atoms with Crippen molar-refractivity contribution < 1.29 is 14.4 Å². The van der Waals surface area contributed by atoms with Gasteiger partial charge in [0.15, 0.2) is 0 Å². The molecular formula is C23H18N4O3S. The number of fused-ring (bicyclic) bond motifs is 3. The lowest BCUT2D eigenvalue weighted by Crippen LogP contribution is -2.44. The Balaban J connectivity index is 1.45. The minimum atomic E-state index is -0.772. The zero-order valence-corrected chi connectivity index (χ0v) is 17.4. The van der Waals surface area contributed by atoms with Crippen molar-refractivity contribution in [3.05, 3.63) is 78.0 Å². The first-order chi connectivity index (χ1) is 15.0. The van der Waals surface area contributed by atoms with Crippen LogP contribution in [0.2, 0.25) is 0 Å². The number of nitrogens with zero attached hydrogens (tertiary/aromatic N) is 3. The highest BCUT2D eigenvalue weighted by atomic mass is 32.2. The Morgan fingerprint density at radius 2 is 1.77 bits per heavy atom. The van der Waals surface area contributed by atoms with Gasteiger partial charge in [0, 0.05) is 29.4 Å². The zero-order valence-electron chi connectivity index (χ0n) is 16.6. The Labute approximate surface area is 183 Å². The third kappa shape index (κ3) is 3.25. The lowest BCUT2D eigenvalue weighted by Gasteiger charge is -2.23. The second-order valence-electron chi connectivity index (χ2n) is 7.27. The molecule has 1 aromatic heterocycles. The predicted molar refractivity (Wildman–Crippen MR) is 117 cm³/mol. The van der Waals surface area contributed by atoms with Gasteiger partial charge in [-0.2, -0.15) is 0 Å². The molecule has 3 heterocycles. The summed E-state index contributed by atoms with van der Waals surface area (Å²) >= 11 is 1.40. The van der Waals surface area contributed by atoms with Crippen LogP contribution in [0.5, 0.6) is 0 Å². The average molecular weight is 430 g/mol. The number of pyridine rings is 1. The quantitative estimate of drug-likeness (QED) is 0.691. The predicted octanol–water partition coefficient (Wildman–Crippen LogP) is 3.03. The van der Waals surface area contributed by atoms with E-state index in [9.17, 15) is 14.4 Å². The van der Waals surface area contributed by atoms with Gasteiger partial charge in [-0.3, -0.25) is 19.3 Å². The molecule has 0 bridgehead atoms. The van der Waals surface area contributed by atoms with E-state index < -0.39 is 11.9 Å². The van der Waals surface area contributed by atoms with E-state index in [-0.39, 0.29) is 18.4 Å². The maximum absolute atomic E-state index is 13.3. The number of likely N-dealkylation sites (N-methyl/N-ethyl adjacent to an activating group) is 1. The number of hydrogen-bond acceptors (Lipinski definition) is 5. The Hall–Kier alpha value is -3.65. The molecule has 2 aliphatic rings. The molecule has 0 fully saturated rings. The van der Waals surface area contributed by atoms with Gasteiger partial charge in [-0.15, -0.1) is 0 Å². The molecule has 154 valence electrons. The second kappa shape index (κ2) is 7.55. The molecule has 0 spiro atoms. The molecule has 5 rings (SSSR count). The van der Waals surface area contributed by atoms with Crippen LogP contribution < -0.4 is 15.1 Å². The van der Waals surface area contributed by atoms with Crippen molar-refractivity contribution in [2.75, 3.05) is 23.4 Å². The van der Waals surface area contributed by atoms with Gasteiger partial charge in [-0.05, 0) is 30.3 Å². The summed E-state index contributed by atoms with van der Waals surface area (Å²) in [6.45, 7) is -0.220. The Morgan fingerprint density at radius 3 is 2.65 bits per heavy atom. The van der Waals surface area contributed by atoms with Crippen LogP contribution in [0.1, 0.15) is 22.0 Å². The van der Waals surface area contributed by atoms with Crippen LogP contribution in [0, 0.1) is 0 Å². The normalized spacial score (nSPS) is 17.0. The smallest absolute Gasteiger partial charge is 0.259 e. The molecule has 3 aromatic rings. The number of anilines is 2. The number of para-hydroxylation sites is 1. The molecule has 0 aliphatic carbocycles. The number of carbonyl (C=O) groups excluding carboxylic acids is 3. The first-order valence-electron chi connectivity index (χ1n) is 9.74. The Bertz CT molecular complexity index is 1230. The van der Waals surface area contributed by atoms with Crippen molar-refractivity contribution in [2.45, 2.75) is 16.0 Å². The minimum Gasteiger partial charge on any atom is -0.339 e. The number of nitrogens with one attached hydrogen (secondary N) is 1. The van der Waals surface area contributed by atoms with Crippen LogP contribution in [0.4, 0.5) is 11.4 Å². The highest BCUT2D eigenvalue weighted by Gasteiger charge is 2.37. The number of aromatic nitrogens is 1. The van der Waals surface area contributed by atoms with Crippen molar-refractivity contribution in [3.63, 3.8) is 0 Å². The maximum atomic E-state index is 13.3. The van der Waals surface area contributed by atoms with Crippen molar-refractivity contribution in [2.24, 2.45) is 0 Å². The highest BCUT2D eigenvalue weighted by Crippen LogP contribution is 2.40. The van der Waals surface area contributed by atoms with E-state index in [0.29, 0.717) is 16.3 Å². The van der Waals surface area contributed by atoms with Gasteiger partial charge in [0.25, 0.3) is 11.8 Å². The fourth-order valence-electron chi connectivity index (χ4n) is 3.89. The standard InChI is InChI=1S/C23H18N4O3S/c1-26-16-9-4-2-7-14(16)20(23(26)30)25-19(28)13-27-17-10-6-12-24-21(17)31-18-11-5-3-8-15(18)22(27)29/h2-12,20H,13H2,1H3,(H,25,28). The third-order valence-corrected chi connectivity index (χ3v) is 6.49. The first kappa shape index (κ1) is 19.3. The fourth-order valence-corrected chi connectivity index (χ4v) is 4.90. The molecule has 1 atom stereocenters. The summed E-state index contributed by atoms with van der Waals surface area (Å²) in [5.74, 6) is -0.907. The van der Waals surface area contributed by atoms with Gasteiger partial charge in [0.2, 0.25) is 5.91 Å². The molecular weight excluding hydrogens is 412 g/mol. The lowest BCUT2D eigenvalue weighted by atomic mass is 10.1. The van der Waals surface area contributed by atoms with Gasteiger partial charge in [0.1, 0.15) is 17.6 Å². The lowest BCUT2D eigenvalue weighted by molar-refractivity contribution is -0.126. The van der Waals surface area contributed by atoms with Crippen LogP contribution in [-0.4, -0.2) is 36.3 Å².